The van der Waals surface area contributed by atoms with Crippen LogP contribution in [0.15, 0.2) is 42.5 Å². The van der Waals surface area contributed by atoms with Crippen LogP contribution in [0.5, 0.6) is 0 Å². The number of hydrogen-bond acceptors (Lipinski definition) is 2. The van der Waals surface area contributed by atoms with E-state index in [9.17, 15) is 0 Å². The molecule has 0 atom stereocenters. The van der Waals surface area contributed by atoms with E-state index in [0.717, 1.165) is 11.4 Å². The highest BCUT2D eigenvalue weighted by Crippen LogP contribution is 2.28. The van der Waals surface area contributed by atoms with E-state index in [2.05, 4.69) is 50.4 Å². The Balaban J connectivity index is 2.20. The van der Waals surface area contributed by atoms with E-state index in [-0.39, 0.29) is 5.41 Å². The molecule has 100 valence electrons. The van der Waals surface area contributed by atoms with Gasteiger partial charge in [-0.15, -0.1) is 0 Å². The minimum atomic E-state index is 0.165. The van der Waals surface area contributed by atoms with Gasteiger partial charge in [-0.1, -0.05) is 44.5 Å². The van der Waals surface area contributed by atoms with Gasteiger partial charge in [-0.25, -0.2) is 0 Å². The van der Waals surface area contributed by atoms with Crippen molar-refractivity contribution in [1.29, 1.82) is 0 Å². The molecule has 0 heterocycles. The number of anilines is 3. The monoisotopic (exact) mass is 274 g/mol. The molecular weight excluding hydrogens is 256 g/mol. The lowest BCUT2D eigenvalue weighted by atomic mass is 9.87. The van der Waals surface area contributed by atoms with E-state index in [1.807, 2.05) is 12.1 Å². The first-order valence-corrected chi connectivity index (χ1v) is 6.67. The Morgan fingerprint density at radius 2 is 1.63 bits per heavy atom. The van der Waals surface area contributed by atoms with Gasteiger partial charge in [0.25, 0.3) is 0 Å². The average molecular weight is 275 g/mol. The Hall–Kier alpha value is -1.67. The molecule has 0 aromatic heterocycles. The second kappa shape index (κ2) is 5.14. The van der Waals surface area contributed by atoms with Gasteiger partial charge in [0.2, 0.25) is 0 Å². The predicted molar refractivity (Wildman–Crippen MR) is 84.3 cm³/mol. The van der Waals surface area contributed by atoms with Crippen LogP contribution in [0, 0.1) is 0 Å². The lowest BCUT2D eigenvalue weighted by Gasteiger charge is -2.19. The molecule has 0 aliphatic carbocycles. The highest BCUT2D eigenvalue weighted by molar-refractivity contribution is 6.31. The maximum atomic E-state index is 5.92. The first-order chi connectivity index (χ1) is 8.86. The van der Waals surface area contributed by atoms with Crippen LogP contribution in [-0.4, -0.2) is 0 Å². The van der Waals surface area contributed by atoms with Crippen LogP contribution < -0.4 is 11.1 Å². The van der Waals surface area contributed by atoms with Gasteiger partial charge >= 0.3 is 0 Å². The van der Waals surface area contributed by atoms with Gasteiger partial charge in [0.1, 0.15) is 0 Å². The number of halogens is 1. The smallest absolute Gasteiger partial charge is 0.0618 e. The van der Waals surface area contributed by atoms with E-state index in [0.29, 0.717) is 10.7 Å². The van der Waals surface area contributed by atoms with Crippen molar-refractivity contribution in [1.82, 2.24) is 0 Å². The summed E-state index contributed by atoms with van der Waals surface area (Å²) in [5.74, 6) is 0. The summed E-state index contributed by atoms with van der Waals surface area (Å²) < 4.78 is 0. The lowest BCUT2D eigenvalue weighted by molar-refractivity contribution is 0.590. The Labute approximate surface area is 119 Å². The first-order valence-electron chi connectivity index (χ1n) is 6.29. The molecule has 0 bridgehead atoms. The van der Waals surface area contributed by atoms with Gasteiger partial charge in [-0.2, -0.15) is 0 Å². The van der Waals surface area contributed by atoms with Crippen molar-refractivity contribution in [3.05, 3.63) is 53.1 Å². The van der Waals surface area contributed by atoms with E-state index in [4.69, 9.17) is 17.3 Å². The maximum Gasteiger partial charge on any atom is 0.0618 e. The van der Waals surface area contributed by atoms with Crippen LogP contribution in [0.1, 0.15) is 26.3 Å². The zero-order valence-corrected chi connectivity index (χ0v) is 12.3. The van der Waals surface area contributed by atoms with E-state index >= 15 is 0 Å². The third-order valence-electron chi connectivity index (χ3n) is 3.04. The topological polar surface area (TPSA) is 38.0 Å². The van der Waals surface area contributed by atoms with Crippen LogP contribution in [-0.2, 0) is 5.41 Å². The van der Waals surface area contributed by atoms with E-state index in [1.165, 1.54) is 5.56 Å². The molecule has 0 unspecified atom stereocenters. The molecule has 2 rings (SSSR count). The van der Waals surface area contributed by atoms with Gasteiger partial charge in [-0.05, 0) is 41.3 Å². The molecular formula is C16H19ClN2. The molecule has 0 fully saturated rings. The maximum absolute atomic E-state index is 5.92. The Bertz CT molecular complexity index is 568. The second-order valence-corrected chi connectivity index (χ2v) is 6.12. The molecule has 0 amide bonds. The average Bonchev–Trinajstić information content (AvgIpc) is 2.32. The molecule has 2 aromatic carbocycles. The molecule has 0 saturated carbocycles. The fraction of sp³-hybridized carbons (Fsp3) is 0.250. The zero-order valence-electron chi connectivity index (χ0n) is 11.5. The summed E-state index contributed by atoms with van der Waals surface area (Å²) >= 11 is 5.88. The van der Waals surface area contributed by atoms with Crippen molar-refractivity contribution in [2.24, 2.45) is 0 Å². The minimum Gasteiger partial charge on any atom is -0.397 e. The molecule has 0 spiro atoms. The molecule has 3 N–H and O–H groups in total. The normalized spacial score (nSPS) is 11.4. The quantitative estimate of drug-likeness (QED) is 0.759. The van der Waals surface area contributed by atoms with E-state index in [1.54, 1.807) is 6.07 Å². The van der Waals surface area contributed by atoms with Gasteiger partial charge in [0.05, 0.1) is 11.4 Å². The molecule has 0 aliphatic heterocycles. The molecule has 3 heteroatoms. The van der Waals surface area contributed by atoms with Crippen molar-refractivity contribution in [2.75, 3.05) is 11.1 Å². The summed E-state index contributed by atoms with van der Waals surface area (Å²) in [7, 11) is 0. The van der Waals surface area contributed by atoms with Crippen LogP contribution in [0.4, 0.5) is 17.1 Å². The SMILES string of the molecule is CC(C)(C)c1ccc(Nc2ccc(Cl)cc2N)cc1. The number of rotatable bonds is 2. The predicted octanol–water partition coefficient (Wildman–Crippen LogP) is 4.96. The zero-order chi connectivity index (χ0) is 14.0. The number of benzene rings is 2. The highest BCUT2D eigenvalue weighted by Gasteiger charge is 2.12. The highest BCUT2D eigenvalue weighted by atomic mass is 35.5. The lowest BCUT2D eigenvalue weighted by Crippen LogP contribution is -2.10. The number of nitrogens with one attached hydrogen (secondary N) is 1. The number of nitrogens with two attached hydrogens (primary N) is 1. The molecule has 0 aliphatic rings. The molecule has 2 nitrogen and oxygen atoms in total. The van der Waals surface area contributed by atoms with Crippen molar-refractivity contribution < 1.29 is 0 Å². The van der Waals surface area contributed by atoms with Crippen molar-refractivity contribution in [3.8, 4) is 0 Å². The largest absolute Gasteiger partial charge is 0.397 e. The van der Waals surface area contributed by atoms with Crippen LogP contribution in [0.25, 0.3) is 0 Å². The fourth-order valence-electron chi connectivity index (χ4n) is 1.86. The molecule has 0 saturated heterocycles. The summed E-state index contributed by atoms with van der Waals surface area (Å²) in [5.41, 5.74) is 9.92. The van der Waals surface area contributed by atoms with Crippen LogP contribution in [0.3, 0.4) is 0 Å². The fourth-order valence-corrected chi connectivity index (χ4v) is 2.04. The standard InChI is InChI=1S/C16H19ClN2/c1-16(2,3)11-4-7-13(8-5-11)19-15-9-6-12(17)10-14(15)18/h4-10,19H,18H2,1-3H3. The van der Waals surface area contributed by atoms with Crippen LogP contribution in [0.2, 0.25) is 5.02 Å². The summed E-state index contributed by atoms with van der Waals surface area (Å²) in [6.07, 6.45) is 0. The molecule has 0 radical (unpaired) electrons. The van der Waals surface area contributed by atoms with Gasteiger partial charge in [0, 0.05) is 10.7 Å². The van der Waals surface area contributed by atoms with Gasteiger partial charge in [-0.3, -0.25) is 0 Å². The summed E-state index contributed by atoms with van der Waals surface area (Å²) in [5, 5.41) is 3.94. The van der Waals surface area contributed by atoms with E-state index < -0.39 is 0 Å². The Morgan fingerprint density at radius 3 is 2.16 bits per heavy atom. The van der Waals surface area contributed by atoms with Crippen molar-refractivity contribution in [3.63, 3.8) is 0 Å². The number of nitrogen functional groups attached to an aromatic ring is 1. The van der Waals surface area contributed by atoms with Crippen molar-refractivity contribution >= 4 is 28.7 Å². The van der Waals surface area contributed by atoms with Crippen molar-refractivity contribution in [2.45, 2.75) is 26.2 Å². The second-order valence-electron chi connectivity index (χ2n) is 5.68. The molecule has 19 heavy (non-hydrogen) atoms. The van der Waals surface area contributed by atoms with Gasteiger partial charge < -0.3 is 11.1 Å². The summed E-state index contributed by atoms with van der Waals surface area (Å²) in [6, 6.07) is 13.8. The minimum absolute atomic E-state index is 0.165. The third kappa shape index (κ3) is 3.42. The van der Waals surface area contributed by atoms with Gasteiger partial charge in [0.15, 0.2) is 0 Å². The van der Waals surface area contributed by atoms with Crippen LogP contribution >= 0.6 is 11.6 Å². The third-order valence-corrected chi connectivity index (χ3v) is 3.28. The Morgan fingerprint density at radius 1 is 1.00 bits per heavy atom. The first kappa shape index (κ1) is 13.8. The number of hydrogen-bond donors (Lipinski definition) is 2. The summed E-state index contributed by atoms with van der Waals surface area (Å²) in [6.45, 7) is 6.60. The molecule has 2 aromatic rings. The Kier molecular flexibility index (Phi) is 3.72. The summed E-state index contributed by atoms with van der Waals surface area (Å²) in [4.78, 5) is 0.